The van der Waals surface area contributed by atoms with E-state index >= 15 is 0 Å². The van der Waals surface area contributed by atoms with Gasteiger partial charge < -0.3 is 9.94 Å². The molecule has 0 heterocycles. The first kappa shape index (κ1) is 17.9. The summed E-state index contributed by atoms with van der Waals surface area (Å²) >= 11 is 0. The summed E-state index contributed by atoms with van der Waals surface area (Å²) in [5, 5.41) is 10.0. The quantitative estimate of drug-likeness (QED) is 0.374. The lowest BCUT2D eigenvalue weighted by Crippen LogP contribution is -2.18. The Morgan fingerprint density at radius 3 is 1.78 bits per heavy atom. The Labute approximate surface area is 113 Å². The van der Waals surface area contributed by atoms with Crippen LogP contribution in [-0.4, -0.2) is 37.1 Å². The van der Waals surface area contributed by atoms with Gasteiger partial charge in [-0.25, -0.2) is 0 Å². The minimum atomic E-state index is 0.595. The maximum absolute atomic E-state index is 8.88. The number of hydrogen-bond donors (Lipinski definition) is 1. The minimum absolute atomic E-state index is 0.595. The Morgan fingerprint density at radius 2 is 1.28 bits per heavy atom. The van der Waals surface area contributed by atoms with Crippen molar-refractivity contribution in [2.24, 2.45) is 0 Å². The van der Waals surface area contributed by atoms with Gasteiger partial charge >= 0.3 is 0 Å². The number of unbranched alkanes of at least 4 members (excludes halogenated alkanes) is 9. The molecule has 0 fully saturated rings. The fourth-order valence-electron chi connectivity index (χ4n) is 1.99. The molecular formula is C15H33NO2. The van der Waals surface area contributed by atoms with Gasteiger partial charge in [0.25, 0.3) is 0 Å². The van der Waals surface area contributed by atoms with Gasteiger partial charge in [-0.15, -0.1) is 0 Å². The van der Waals surface area contributed by atoms with E-state index in [1.165, 1.54) is 62.9 Å². The summed E-state index contributed by atoms with van der Waals surface area (Å²) in [6.45, 7) is 4.33. The van der Waals surface area contributed by atoms with Gasteiger partial charge in [0.15, 0.2) is 0 Å². The Morgan fingerprint density at radius 1 is 0.778 bits per heavy atom. The average molecular weight is 259 g/mol. The maximum Gasteiger partial charge on any atom is 0.0616 e. The van der Waals surface area contributed by atoms with Crippen molar-refractivity contribution in [1.82, 2.24) is 5.06 Å². The van der Waals surface area contributed by atoms with E-state index in [2.05, 4.69) is 6.92 Å². The average Bonchev–Trinajstić information content (AvgIpc) is 2.34. The van der Waals surface area contributed by atoms with Crippen molar-refractivity contribution >= 4 is 0 Å². The molecule has 0 saturated heterocycles. The summed E-state index contributed by atoms with van der Waals surface area (Å²) < 4.78 is 5.41. The van der Waals surface area contributed by atoms with Gasteiger partial charge in [-0.05, 0) is 6.42 Å². The van der Waals surface area contributed by atoms with Gasteiger partial charge in [-0.1, -0.05) is 64.7 Å². The SMILES string of the molecule is CCCCCCCCCCCCOCCN(C)O. The number of rotatable bonds is 14. The van der Waals surface area contributed by atoms with Crippen LogP contribution in [0.2, 0.25) is 0 Å². The summed E-state index contributed by atoms with van der Waals surface area (Å²) in [4.78, 5) is 0. The van der Waals surface area contributed by atoms with E-state index in [-0.39, 0.29) is 0 Å². The van der Waals surface area contributed by atoms with Crippen molar-refractivity contribution < 1.29 is 9.94 Å². The number of hydrogen-bond acceptors (Lipinski definition) is 3. The molecule has 0 spiro atoms. The molecule has 1 N–H and O–H groups in total. The smallest absolute Gasteiger partial charge is 0.0616 e. The summed E-state index contributed by atoms with van der Waals surface area (Å²) in [5.41, 5.74) is 0. The predicted octanol–water partition coefficient (Wildman–Crippen LogP) is 4.24. The van der Waals surface area contributed by atoms with Crippen molar-refractivity contribution in [3.8, 4) is 0 Å². The van der Waals surface area contributed by atoms with Gasteiger partial charge in [0.2, 0.25) is 0 Å². The molecule has 0 aliphatic heterocycles. The van der Waals surface area contributed by atoms with Crippen LogP contribution in [0, 0.1) is 0 Å². The second kappa shape index (κ2) is 14.9. The van der Waals surface area contributed by atoms with E-state index in [0.29, 0.717) is 13.2 Å². The zero-order chi connectivity index (χ0) is 13.5. The van der Waals surface area contributed by atoms with E-state index in [0.717, 1.165) is 13.0 Å². The highest BCUT2D eigenvalue weighted by atomic mass is 16.5. The third-order valence-electron chi connectivity index (χ3n) is 3.20. The van der Waals surface area contributed by atoms with E-state index in [1.807, 2.05) is 0 Å². The predicted molar refractivity (Wildman–Crippen MR) is 77.1 cm³/mol. The highest BCUT2D eigenvalue weighted by Crippen LogP contribution is 2.10. The van der Waals surface area contributed by atoms with Crippen LogP contribution in [0.25, 0.3) is 0 Å². The number of likely N-dealkylation sites (N-methyl/N-ethyl adjacent to an activating group) is 1. The van der Waals surface area contributed by atoms with Gasteiger partial charge in [-0.2, -0.15) is 5.06 Å². The topological polar surface area (TPSA) is 32.7 Å². The molecule has 3 heteroatoms. The second-order valence-electron chi connectivity index (χ2n) is 5.18. The van der Waals surface area contributed by atoms with Crippen LogP contribution in [0.15, 0.2) is 0 Å². The van der Waals surface area contributed by atoms with E-state index in [1.54, 1.807) is 7.05 Å². The van der Waals surface area contributed by atoms with Crippen molar-refractivity contribution in [3.63, 3.8) is 0 Å². The molecule has 0 aromatic heterocycles. The van der Waals surface area contributed by atoms with Crippen molar-refractivity contribution in [1.29, 1.82) is 0 Å². The molecule has 0 aliphatic rings. The van der Waals surface area contributed by atoms with Crippen LogP contribution < -0.4 is 0 Å². The lowest BCUT2D eigenvalue weighted by Gasteiger charge is -2.08. The molecule has 110 valence electrons. The van der Waals surface area contributed by atoms with Gasteiger partial charge in [0, 0.05) is 20.2 Å². The number of nitrogens with zero attached hydrogens (tertiary/aromatic N) is 1. The molecular weight excluding hydrogens is 226 g/mol. The number of ether oxygens (including phenoxy) is 1. The first-order chi connectivity index (χ1) is 8.77. The van der Waals surface area contributed by atoms with Gasteiger partial charge in [0.05, 0.1) is 6.61 Å². The Hall–Kier alpha value is -0.120. The highest BCUT2D eigenvalue weighted by Gasteiger charge is 1.94. The Balaban J connectivity index is 2.90. The van der Waals surface area contributed by atoms with Crippen LogP contribution in [0.3, 0.4) is 0 Å². The fraction of sp³-hybridized carbons (Fsp3) is 1.00. The van der Waals surface area contributed by atoms with E-state index in [9.17, 15) is 0 Å². The lowest BCUT2D eigenvalue weighted by atomic mass is 10.1. The van der Waals surface area contributed by atoms with Crippen molar-refractivity contribution in [2.75, 3.05) is 26.8 Å². The summed E-state index contributed by atoms with van der Waals surface area (Å²) in [7, 11) is 1.64. The Kier molecular flexibility index (Phi) is 14.8. The normalized spacial score (nSPS) is 11.3. The molecule has 0 bridgehead atoms. The molecule has 0 amide bonds. The lowest BCUT2D eigenvalue weighted by molar-refractivity contribution is -0.0804. The molecule has 0 radical (unpaired) electrons. The number of hydroxylamine groups is 2. The van der Waals surface area contributed by atoms with Crippen LogP contribution in [-0.2, 0) is 4.74 Å². The molecule has 0 atom stereocenters. The molecule has 0 aliphatic carbocycles. The van der Waals surface area contributed by atoms with Crippen LogP contribution >= 0.6 is 0 Å². The minimum Gasteiger partial charge on any atom is -0.380 e. The zero-order valence-electron chi connectivity index (χ0n) is 12.5. The third kappa shape index (κ3) is 15.9. The van der Waals surface area contributed by atoms with E-state index < -0.39 is 0 Å². The van der Waals surface area contributed by atoms with E-state index in [4.69, 9.17) is 9.94 Å². The maximum atomic E-state index is 8.88. The summed E-state index contributed by atoms with van der Waals surface area (Å²) in [6.07, 6.45) is 13.6. The second-order valence-corrected chi connectivity index (χ2v) is 5.18. The summed E-state index contributed by atoms with van der Waals surface area (Å²) in [5.74, 6) is 0. The summed E-state index contributed by atoms with van der Waals surface area (Å²) in [6, 6.07) is 0. The van der Waals surface area contributed by atoms with Crippen molar-refractivity contribution in [3.05, 3.63) is 0 Å². The molecule has 0 aromatic carbocycles. The highest BCUT2D eigenvalue weighted by molar-refractivity contribution is 4.47. The fourth-order valence-corrected chi connectivity index (χ4v) is 1.99. The molecule has 0 aromatic rings. The van der Waals surface area contributed by atoms with Crippen LogP contribution in [0.1, 0.15) is 71.1 Å². The van der Waals surface area contributed by atoms with Gasteiger partial charge in [0.1, 0.15) is 0 Å². The Bertz CT molecular complexity index is 151. The first-order valence-corrected chi connectivity index (χ1v) is 7.75. The molecule has 0 rings (SSSR count). The largest absolute Gasteiger partial charge is 0.380 e. The van der Waals surface area contributed by atoms with Crippen LogP contribution in [0.5, 0.6) is 0 Å². The van der Waals surface area contributed by atoms with Crippen molar-refractivity contribution in [2.45, 2.75) is 71.1 Å². The van der Waals surface area contributed by atoms with Gasteiger partial charge in [-0.3, -0.25) is 0 Å². The standard InChI is InChI=1S/C15H33NO2/c1-3-4-5-6-7-8-9-10-11-12-14-18-15-13-16(2)17/h17H,3-15H2,1-2H3. The van der Waals surface area contributed by atoms with Crippen LogP contribution in [0.4, 0.5) is 0 Å². The molecule has 3 nitrogen and oxygen atoms in total. The molecule has 0 saturated carbocycles. The molecule has 18 heavy (non-hydrogen) atoms. The third-order valence-corrected chi connectivity index (χ3v) is 3.20. The first-order valence-electron chi connectivity index (χ1n) is 7.75. The molecule has 0 unspecified atom stereocenters. The zero-order valence-corrected chi connectivity index (χ0v) is 12.5. The monoisotopic (exact) mass is 259 g/mol.